The SMILES string of the molecule is N#CCC[NH+]1CCN(C2=NC(=O)/C(=C/c3ccc(OS(=O)(=O)c4ccccc4)cc3)S2)CC1. The zero-order valence-electron chi connectivity index (χ0n) is 17.8. The van der Waals surface area contributed by atoms with Crippen molar-refractivity contribution in [1.29, 1.82) is 5.26 Å². The fourth-order valence-electron chi connectivity index (χ4n) is 3.56. The maximum atomic E-state index is 12.4. The zero-order valence-corrected chi connectivity index (χ0v) is 19.4. The van der Waals surface area contributed by atoms with Gasteiger partial charge in [-0.15, -0.1) is 0 Å². The molecule has 0 radical (unpaired) electrons. The number of nitrogens with one attached hydrogen (secondary N) is 1. The maximum absolute atomic E-state index is 12.4. The Kier molecular flexibility index (Phi) is 7.13. The van der Waals surface area contributed by atoms with Gasteiger partial charge in [-0.25, -0.2) is 0 Å². The van der Waals surface area contributed by atoms with Gasteiger partial charge in [0.2, 0.25) is 0 Å². The molecule has 33 heavy (non-hydrogen) atoms. The molecule has 1 saturated heterocycles. The summed E-state index contributed by atoms with van der Waals surface area (Å²) < 4.78 is 29.9. The van der Waals surface area contributed by atoms with Crippen molar-refractivity contribution in [3.8, 4) is 11.8 Å². The maximum Gasteiger partial charge on any atom is 0.339 e. The smallest absolute Gasteiger partial charge is 0.339 e. The second-order valence-corrected chi connectivity index (χ2v) is 10.2. The van der Waals surface area contributed by atoms with E-state index in [9.17, 15) is 13.2 Å². The summed E-state index contributed by atoms with van der Waals surface area (Å²) in [5, 5.41) is 9.45. The molecule has 2 aromatic rings. The van der Waals surface area contributed by atoms with Gasteiger partial charge >= 0.3 is 10.1 Å². The van der Waals surface area contributed by atoms with Crippen LogP contribution in [0.25, 0.3) is 6.08 Å². The predicted molar refractivity (Wildman–Crippen MR) is 126 cm³/mol. The number of benzene rings is 2. The van der Waals surface area contributed by atoms with E-state index in [0.717, 1.165) is 38.3 Å². The van der Waals surface area contributed by atoms with Gasteiger partial charge in [-0.2, -0.15) is 18.7 Å². The number of aliphatic imine (C=N–C) groups is 1. The summed E-state index contributed by atoms with van der Waals surface area (Å²) in [5.41, 5.74) is 0.748. The number of carbonyl (C=O) groups is 1. The molecule has 0 aromatic heterocycles. The standard InChI is InChI=1S/C23H22N4O4S2/c24-11-4-12-26-13-15-27(16-14-26)23-25-22(28)21(32-23)17-18-7-9-19(10-8-18)31-33(29,30)20-5-2-1-3-6-20/h1-3,5-10,17H,4,12-16H2/p+1/b21-17-. The first-order chi connectivity index (χ1) is 15.9. The zero-order chi connectivity index (χ0) is 23.3. The number of amides is 1. The van der Waals surface area contributed by atoms with Crippen LogP contribution in [0.2, 0.25) is 0 Å². The van der Waals surface area contributed by atoms with Gasteiger partial charge in [-0.05, 0) is 47.7 Å². The first-order valence-corrected chi connectivity index (χ1v) is 12.7. The number of nitriles is 1. The molecule has 0 aliphatic carbocycles. The predicted octanol–water partition coefficient (Wildman–Crippen LogP) is 1.54. The number of rotatable bonds is 6. The molecule has 0 saturated carbocycles. The largest absolute Gasteiger partial charge is 0.379 e. The molecule has 0 unspecified atom stereocenters. The molecule has 1 N–H and O–H groups in total. The first kappa shape index (κ1) is 23.0. The number of piperazine rings is 1. The minimum atomic E-state index is -3.90. The van der Waals surface area contributed by atoms with Crippen molar-refractivity contribution < 1.29 is 22.3 Å². The van der Waals surface area contributed by atoms with Crippen LogP contribution in [0.15, 0.2) is 69.4 Å². The molecule has 10 heteroatoms. The van der Waals surface area contributed by atoms with Gasteiger partial charge in [0.25, 0.3) is 5.91 Å². The number of hydrogen-bond donors (Lipinski definition) is 1. The van der Waals surface area contributed by atoms with Crippen LogP contribution in [0, 0.1) is 11.3 Å². The lowest BCUT2D eigenvalue weighted by molar-refractivity contribution is -0.903. The average Bonchev–Trinajstić information content (AvgIpc) is 3.19. The van der Waals surface area contributed by atoms with Crippen molar-refractivity contribution in [1.82, 2.24) is 4.90 Å². The number of hydrogen-bond acceptors (Lipinski definition) is 7. The monoisotopic (exact) mass is 483 g/mol. The number of carbonyl (C=O) groups excluding carboxylic acids is 1. The molecule has 0 atom stereocenters. The van der Waals surface area contributed by atoms with Gasteiger partial charge in [0.05, 0.1) is 50.1 Å². The van der Waals surface area contributed by atoms with Gasteiger partial charge in [0.1, 0.15) is 10.6 Å². The summed E-state index contributed by atoms with van der Waals surface area (Å²) in [6, 6.07) is 16.6. The summed E-state index contributed by atoms with van der Waals surface area (Å²) in [5.74, 6) is -0.0821. The third-order valence-electron chi connectivity index (χ3n) is 5.36. The van der Waals surface area contributed by atoms with E-state index in [2.05, 4.69) is 16.0 Å². The molecule has 0 bridgehead atoms. The van der Waals surface area contributed by atoms with E-state index < -0.39 is 10.1 Å². The lowest BCUT2D eigenvalue weighted by Crippen LogP contribution is -3.14. The highest BCUT2D eigenvalue weighted by Gasteiger charge is 2.29. The molecular weight excluding hydrogens is 460 g/mol. The fourth-order valence-corrected chi connectivity index (χ4v) is 5.48. The third-order valence-corrected chi connectivity index (χ3v) is 7.66. The van der Waals surface area contributed by atoms with Crippen molar-refractivity contribution in [3.63, 3.8) is 0 Å². The highest BCUT2D eigenvalue weighted by molar-refractivity contribution is 8.18. The number of amidine groups is 1. The number of quaternary nitrogens is 1. The van der Waals surface area contributed by atoms with E-state index in [0.29, 0.717) is 16.5 Å². The minimum absolute atomic E-state index is 0.0846. The molecule has 2 aliphatic heterocycles. The first-order valence-electron chi connectivity index (χ1n) is 10.5. The lowest BCUT2D eigenvalue weighted by atomic mass is 10.2. The Morgan fingerprint density at radius 3 is 2.48 bits per heavy atom. The Morgan fingerprint density at radius 2 is 1.82 bits per heavy atom. The second-order valence-electron chi connectivity index (χ2n) is 7.62. The highest BCUT2D eigenvalue weighted by atomic mass is 32.2. The molecule has 2 aromatic carbocycles. The van der Waals surface area contributed by atoms with Crippen LogP contribution in [-0.2, 0) is 14.9 Å². The van der Waals surface area contributed by atoms with E-state index in [4.69, 9.17) is 9.44 Å². The average molecular weight is 484 g/mol. The van der Waals surface area contributed by atoms with Gasteiger partial charge in [0.15, 0.2) is 5.17 Å². The normalized spacial score (nSPS) is 18.3. The van der Waals surface area contributed by atoms with Crippen LogP contribution in [0.5, 0.6) is 5.75 Å². The molecule has 2 heterocycles. The third kappa shape index (κ3) is 5.82. The van der Waals surface area contributed by atoms with E-state index in [1.165, 1.54) is 28.8 Å². The Morgan fingerprint density at radius 1 is 1.12 bits per heavy atom. The van der Waals surface area contributed by atoms with Crippen LogP contribution in [0.3, 0.4) is 0 Å². The van der Waals surface area contributed by atoms with Crippen molar-refractivity contribution in [2.75, 3.05) is 32.7 Å². The molecule has 0 spiro atoms. The topological polar surface area (TPSA) is 104 Å². The van der Waals surface area contributed by atoms with Gasteiger partial charge in [0, 0.05) is 0 Å². The molecule has 4 rings (SSSR count). The highest BCUT2D eigenvalue weighted by Crippen LogP contribution is 2.30. The van der Waals surface area contributed by atoms with E-state index in [-0.39, 0.29) is 16.6 Å². The van der Waals surface area contributed by atoms with Gasteiger partial charge in [-0.1, -0.05) is 30.3 Å². The molecule has 170 valence electrons. The number of thioether (sulfide) groups is 1. The van der Waals surface area contributed by atoms with E-state index in [1.54, 1.807) is 48.5 Å². The van der Waals surface area contributed by atoms with Crippen LogP contribution in [0.4, 0.5) is 0 Å². The van der Waals surface area contributed by atoms with Crippen LogP contribution >= 0.6 is 11.8 Å². The Hall–Kier alpha value is -3.13. The van der Waals surface area contributed by atoms with Gasteiger partial charge < -0.3 is 14.0 Å². The summed E-state index contributed by atoms with van der Waals surface area (Å²) in [4.78, 5) is 20.7. The minimum Gasteiger partial charge on any atom is -0.379 e. The quantitative estimate of drug-likeness (QED) is 0.491. The molecule has 8 nitrogen and oxygen atoms in total. The van der Waals surface area contributed by atoms with Crippen LogP contribution < -0.4 is 9.08 Å². The van der Waals surface area contributed by atoms with Crippen molar-refractivity contribution in [3.05, 3.63) is 65.1 Å². The molecule has 1 fully saturated rings. The summed E-state index contributed by atoms with van der Waals surface area (Å²) >= 11 is 1.35. The van der Waals surface area contributed by atoms with E-state index in [1.807, 2.05) is 0 Å². The summed E-state index contributed by atoms with van der Waals surface area (Å²) in [6.45, 7) is 4.29. The lowest BCUT2D eigenvalue weighted by Gasteiger charge is -2.32. The van der Waals surface area contributed by atoms with Gasteiger partial charge in [-0.3, -0.25) is 4.79 Å². The Labute approximate surface area is 197 Å². The molecular formula is C23H23N4O4S2+. The Bertz CT molecular complexity index is 1210. The second kappa shape index (κ2) is 10.2. The van der Waals surface area contributed by atoms with E-state index >= 15 is 0 Å². The molecule has 1 amide bonds. The number of nitrogens with zero attached hydrogens (tertiary/aromatic N) is 3. The van der Waals surface area contributed by atoms with Crippen molar-refractivity contribution in [2.45, 2.75) is 11.3 Å². The fraction of sp³-hybridized carbons (Fsp3) is 0.261. The van der Waals surface area contributed by atoms with Crippen LogP contribution in [0.1, 0.15) is 12.0 Å². The Balaban J connectivity index is 1.36. The van der Waals surface area contributed by atoms with Crippen molar-refractivity contribution in [2.24, 2.45) is 4.99 Å². The summed E-state index contributed by atoms with van der Waals surface area (Å²) in [7, 11) is -3.90. The van der Waals surface area contributed by atoms with Crippen LogP contribution in [-0.4, -0.2) is 57.1 Å². The molecule has 2 aliphatic rings. The summed E-state index contributed by atoms with van der Waals surface area (Å²) in [6.07, 6.45) is 2.30. The van der Waals surface area contributed by atoms with Crippen molar-refractivity contribution >= 4 is 39.0 Å².